The molecule has 4 heterocycles. The molecule has 6 heteroatoms. The zero-order chi connectivity index (χ0) is 44.1. The number of carbonyl (C=O) groups excluding carboxylic acids is 2. The third-order valence-corrected chi connectivity index (χ3v) is 15.0. The first-order valence-corrected chi connectivity index (χ1v) is 24.5. The molecule has 326 valence electrons. The molecule has 0 atom stereocenters. The van der Waals surface area contributed by atoms with Gasteiger partial charge in [-0.25, -0.2) is 9.98 Å². The fourth-order valence-corrected chi connectivity index (χ4v) is 12.0. The minimum absolute atomic E-state index is 0.00202. The minimum Gasteiger partial charge on any atom is -0.354 e. The van der Waals surface area contributed by atoms with Crippen LogP contribution >= 0.6 is 0 Å². The minimum atomic E-state index is 0.00202. The van der Waals surface area contributed by atoms with Crippen molar-refractivity contribution in [3.63, 3.8) is 0 Å². The van der Waals surface area contributed by atoms with Crippen LogP contribution in [-0.2, 0) is 17.6 Å². The van der Waals surface area contributed by atoms with E-state index >= 15 is 0 Å². The van der Waals surface area contributed by atoms with E-state index in [0.717, 1.165) is 181 Å². The lowest BCUT2D eigenvalue weighted by Crippen LogP contribution is -2.20. The topological polar surface area (TPSA) is 86.7 Å². The first-order valence-electron chi connectivity index (χ1n) is 24.5. The number of Topliss-reactive ketones (excluding diaryl/α,β-unsaturated/α-hetero) is 1. The quantitative estimate of drug-likeness (QED) is 0.152. The third kappa shape index (κ3) is 6.92. The number of allylic oxidation sites excluding steroid dienone is 6. The van der Waals surface area contributed by atoms with E-state index in [0.29, 0.717) is 11.3 Å². The normalized spacial score (nSPS) is 21.4. The lowest BCUT2D eigenvalue weighted by molar-refractivity contribution is -0.116. The molecule has 1 aromatic heterocycles. The van der Waals surface area contributed by atoms with Gasteiger partial charge in [-0.15, -0.1) is 0 Å². The lowest BCUT2D eigenvalue weighted by atomic mass is 9.82. The van der Waals surface area contributed by atoms with Gasteiger partial charge >= 0.3 is 0 Å². The Balaban J connectivity index is 1.12. The number of nitrogens with zero attached hydrogens (tertiary/aromatic N) is 2. The molecule has 5 aromatic rings. The highest BCUT2D eigenvalue weighted by molar-refractivity contribution is 6.52. The highest BCUT2D eigenvalue weighted by Gasteiger charge is 2.39. The van der Waals surface area contributed by atoms with Gasteiger partial charge in [0.2, 0.25) is 5.78 Å². The number of aliphatic imine (C=N–C) groups is 2. The molecule has 0 fully saturated rings. The van der Waals surface area contributed by atoms with Gasteiger partial charge in [0.05, 0.1) is 34.2 Å². The number of aromatic nitrogens is 1. The molecule has 0 spiro atoms. The smallest absolute Gasteiger partial charge is 0.251 e. The van der Waals surface area contributed by atoms with E-state index in [4.69, 9.17) is 9.98 Å². The van der Waals surface area contributed by atoms with Gasteiger partial charge in [-0.3, -0.25) is 9.59 Å². The molecule has 4 aliphatic carbocycles. The molecule has 0 unspecified atom stereocenters. The van der Waals surface area contributed by atoms with Gasteiger partial charge < -0.3 is 10.3 Å². The second kappa shape index (κ2) is 17.1. The predicted molar refractivity (Wildman–Crippen MR) is 266 cm³/mol. The number of aromatic amines is 1. The molecule has 66 heavy (non-hydrogen) atoms. The number of benzene rings is 4. The van der Waals surface area contributed by atoms with Crippen LogP contribution in [0.1, 0.15) is 139 Å². The van der Waals surface area contributed by atoms with Crippen LogP contribution in [0, 0.1) is 0 Å². The number of ketones is 1. The van der Waals surface area contributed by atoms with Crippen LogP contribution < -0.4 is 5.32 Å². The van der Waals surface area contributed by atoms with E-state index in [1.54, 1.807) is 0 Å². The van der Waals surface area contributed by atoms with Gasteiger partial charge in [0.25, 0.3) is 5.91 Å². The van der Waals surface area contributed by atoms with Gasteiger partial charge in [0, 0.05) is 27.9 Å². The second-order valence-electron chi connectivity index (χ2n) is 18.9. The Hall–Kier alpha value is -6.92. The fourth-order valence-electron chi connectivity index (χ4n) is 12.0. The van der Waals surface area contributed by atoms with E-state index in [2.05, 4.69) is 101 Å². The lowest BCUT2D eigenvalue weighted by Gasteiger charge is -2.21. The predicted octanol–water partition coefficient (Wildman–Crippen LogP) is 13.4. The molecular weight excluding hydrogens is 809 g/mol. The van der Waals surface area contributed by atoms with E-state index < -0.39 is 0 Å². The Kier molecular flexibility index (Phi) is 10.5. The standard InChI is InChI=1S/C60H54N4O2/c65-59(40-27-11-4-12-28-40)58-46-34-18-17-33-45(46)56(63-58)50(38-23-7-2-8-24-38)54-42-30-14-13-29-41(42)52(61-54)49(37-21-5-1-6-22-37)53-43-31-15-16-32-44(43)55(62-53)51(39-25-9-3-10-26-39)57-47-35-19-20-36-48(47)60(66)64-57/h1-12,21-28,61H,13-20,29-36H2,(H,64,66)/b53-49-,56-50-,57-51+. The average molecular weight is 863 g/mol. The molecule has 1 amide bonds. The molecule has 0 saturated heterocycles. The first-order chi connectivity index (χ1) is 32.6. The maximum atomic E-state index is 14.4. The SMILES string of the molecule is O=C1N/C(=C(C2=N/C(=C(/c3ccccc3)c3[nH]c(/C(=C4\N=C(C(=O)c5ccccc5)C5=C4CCCC5)c4ccccc4)c4c3CCCC4)C3=C2CCCC3)\c2ccccc2)C2=C1CCCC2. The molecule has 3 aliphatic heterocycles. The Morgan fingerprint density at radius 3 is 1.27 bits per heavy atom. The van der Waals surface area contributed by atoms with Crippen molar-refractivity contribution in [1.82, 2.24) is 10.3 Å². The van der Waals surface area contributed by atoms with Crippen molar-refractivity contribution in [1.29, 1.82) is 0 Å². The van der Waals surface area contributed by atoms with Crippen LogP contribution in [0.3, 0.4) is 0 Å². The number of nitrogens with one attached hydrogen (secondary N) is 2. The number of fused-ring (bicyclic) bond motifs is 1. The highest BCUT2D eigenvalue weighted by Crippen LogP contribution is 2.50. The number of carbonyl (C=O) groups is 2. The number of amides is 1. The summed E-state index contributed by atoms with van der Waals surface area (Å²) in [5, 5.41) is 3.41. The Morgan fingerprint density at radius 2 is 0.773 bits per heavy atom. The van der Waals surface area contributed by atoms with Gasteiger partial charge in [-0.1, -0.05) is 121 Å². The van der Waals surface area contributed by atoms with Crippen LogP contribution in [0.15, 0.2) is 182 Å². The van der Waals surface area contributed by atoms with Crippen LogP contribution in [0.25, 0.3) is 16.7 Å². The van der Waals surface area contributed by atoms with E-state index in [1.807, 2.05) is 30.3 Å². The van der Waals surface area contributed by atoms with Crippen LogP contribution in [0.4, 0.5) is 0 Å². The number of H-pyrrole nitrogens is 1. The number of hydrogen-bond donors (Lipinski definition) is 2. The Labute approximate surface area is 387 Å². The average Bonchev–Trinajstić information content (AvgIpc) is 4.15. The highest BCUT2D eigenvalue weighted by atomic mass is 16.2. The third-order valence-electron chi connectivity index (χ3n) is 15.0. The van der Waals surface area contributed by atoms with E-state index in [1.165, 1.54) is 33.4 Å². The van der Waals surface area contributed by atoms with Crippen LogP contribution in [0.5, 0.6) is 0 Å². The van der Waals surface area contributed by atoms with Crippen molar-refractivity contribution in [2.24, 2.45) is 9.98 Å². The molecule has 0 radical (unpaired) electrons. The summed E-state index contributed by atoms with van der Waals surface area (Å²) in [6.45, 7) is 0. The molecule has 2 N–H and O–H groups in total. The molecule has 4 aromatic carbocycles. The maximum Gasteiger partial charge on any atom is 0.251 e. The monoisotopic (exact) mass is 862 g/mol. The summed E-state index contributed by atoms with van der Waals surface area (Å²) < 4.78 is 0. The van der Waals surface area contributed by atoms with Gasteiger partial charge in [-0.2, -0.15) is 0 Å². The fraction of sp³-hybridized carbons (Fsp3) is 0.267. The zero-order valence-electron chi connectivity index (χ0n) is 37.6. The number of rotatable bonds is 8. The van der Waals surface area contributed by atoms with Gasteiger partial charge in [-0.05, 0) is 158 Å². The Morgan fingerprint density at radius 1 is 0.394 bits per heavy atom. The maximum absolute atomic E-state index is 14.4. The summed E-state index contributed by atoms with van der Waals surface area (Å²) in [5.74, 6) is 0.0562. The number of hydrogen-bond acceptors (Lipinski definition) is 4. The van der Waals surface area contributed by atoms with Gasteiger partial charge in [0.15, 0.2) is 0 Å². The van der Waals surface area contributed by atoms with Crippen molar-refractivity contribution >= 4 is 39.8 Å². The summed E-state index contributed by atoms with van der Waals surface area (Å²) in [5.41, 5.74) is 23.9. The van der Waals surface area contributed by atoms with Crippen LogP contribution in [-0.4, -0.2) is 28.1 Å². The summed E-state index contributed by atoms with van der Waals surface area (Å²) in [6, 6.07) is 42.0. The van der Waals surface area contributed by atoms with Gasteiger partial charge in [0.1, 0.15) is 5.71 Å². The largest absolute Gasteiger partial charge is 0.354 e. The summed E-state index contributed by atoms with van der Waals surface area (Å²) in [7, 11) is 0. The molecule has 0 saturated carbocycles. The van der Waals surface area contributed by atoms with Crippen molar-refractivity contribution < 1.29 is 9.59 Å². The van der Waals surface area contributed by atoms with E-state index in [9.17, 15) is 9.59 Å². The van der Waals surface area contributed by atoms with E-state index in [-0.39, 0.29) is 11.7 Å². The van der Waals surface area contributed by atoms with Crippen molar-refractivity contribution in [3.8, 4) is 0 Å². The summed E-state index contributed by atoms with van der Waals surface area (Å²) in [4.78, 5) is 43.7. The van der Waals surface area contributed by atoms with Crippen LogP contribution in [0.2, 0.25) is 0 Å². The Bertz CT molecular complexity index is 3100. The first kappa shape index (κ1) is 40.6. The molecular formula is C60H54N4O2. The summed E-state index contributed by atoms with van der Waals surface area (Å²) >= 11 is 0. The second-order valence-corrected chi connectivity index (χ2v) is 18.9. The molecule has 0 bridgehead atoms. The molecule has 12 rings (SSSR count). The summed E-state index contributed by atoms with van der Waals surface area (Å²) in [6.07, 6.45) is 16.0. The van der Waals surface area contributed by atoms with Crippen molar-refractivity contribution in [2.75, 3.05) is 0 Å². The van der Waals surface area contributed by atoms with Crippen molar-refractivity contribution in [3.05, 3.63) is 217 Å². The van der Waals surface area contributed by atoms with Crippen molar-refractivity contribution in [2.45, 2.75) is 103 Å². The molecule has 6 nitrogen and oxygen atoms in total. The zero-order valence-corrected chi connectivity index (χ0v) is 37.6. The molecule has 7 aliphatic rings.